The van der Waals surface area contributed by atoms with Gasteiger partial charge in [-0.15, -0.1) is 11.3 Å². The summed E-state index contributed by atoms with van der Waals surface area (Å²) in [5, 5.41) is 12.2. The highest BCUT2D eigenvalue weighted by molar-refractivity contribution is 7.16. The smallest absolute Gasteiger partial charge is 0.350 e. The van der Waals surface area contributed by atoms with Crippen LogP contribution < -0.4 is 5.73 Å². The zero-order chi connectivity index (χ0) is 12.4. The normalized spacial score (nSPS) is 16.9. The van der Waals surface area contributed by atoms with Crippen molar-refractivity contribution in [2.24, 2.45) is 5.16 Å². The first-order valence-corrected chi connectivity index (χ1v) is 6.30. The van der Waals surface area contributed by atoms with Crippen molar-refractivity contribution >= 4 is 28.7 Å². The van der Waals surface area contributed by atoms with Gasteiger partial charge in [0, 0.05) is 0 Å². The molecule has 92 valence electrons. The van der Waals surface area contributed by atoms with Gasteiger partial charge in [-0.2, -0.15) is 0 Å². The first-order valence-electron chi connectivity index (χ1n) is 5.48. The Morgan fingerprint density at radius 1 is 1.59 bits per heavy atom. The molecule has 0 unspecified atom stereocenters. The average molecular weight is 254 g/mol. The number of rotatable bonds is 2. The lowest BCUT2D eigenvalue weighted by Crippen LogP contribution is -2.10. The molecule has 0 atom stereocenters. The van der Waals surface area contributed by atoms with E-state index in [1.54, 1.807) is 6.92 Å². The fourth-order valence-electron chi connectivity index (χ4n) is 1.95. The van der Waals surface area contributed by atoms with Crippen LogP contribution in [-0.4, -0.2) is 23.5 Å². The predicted octanol–water partition coefficient (Wildman–Crippen LogP) is 2.02. The minimum absolute atomic E-state index is 0.321. The van der Waals surface area contributed by atoms with Crippen molar-refractivity contribution in [1.82, 2.24) is 0 Å². The number of thiophene rings is 1. The Morgan fingerprint density at radius 3 is 3.00 bits per heavy atom. The summed E-state index contributed by atoms with van der Waals surface area (Å²) in [6.07, 6.45) is 2.41. The summed E-state index contributed by atoms with van der Waals surface area (Å²) in [6.45, 7) is 2.07. The van der Waals surface area contributed by atoms with E-state index >= 15 is 0 Å². The fourth-order valence-corrected chi connectivity index (χ4v) is 3.12. The zero-order valence-electron chi connectivity index (χ0n) is 9.52. The molecule has 1 aromatic rings. The number of carbonyl (C=O) groups excluding carboxylic acids is 1. The van der Waals surface area contributed by atoms with Crippen molar-refractivity contribution in [3.05, 3.63) is 15.3 Å². The molecule has 5 nitrogen and oxygen atoms in total. The SMILES string of the molecule is CCOC(=O)c1sc2c(c1N)CCCC2=NO. The van der Waals surface area contributed by atoms with Gasteiger partial charge in [0.05, 0.1) is 22.9 Å². The molecule has 0 radical (unpaired) electrons. The quantitative estimate of drug-likeness (QED) is 0.480. The molecule has 0 fully saturated rings. The van der Waals surface area contributed by atoms with Crippen LogP contribution in [0.3, 0.4) is 0 Å². The second-order valence-electron chi connectivity index (χ2n) is 3.77. The Kier molecular flexibility index (Phi) is 3.33. The standard InChI is InChI=1S/C11H14N2O3S/c1-2-16-11(14)10-8(12)6-4-3-5-7(13-15)9(6)17-10/h15H,2-5,12H2,1H3. The van der Waals surface area contributed by atoms with Gasteiger partial charge in [0.25, 0.3) is 0 Å². The molecular formula is C11H14N2O3S. The molecule has 0 aliphatic heterocycles. The topological polar surface area (TPSA) is 84.9 Å². The van der Waals surface area contributed by atoms with E-state index in [2.05, 4.69) is 5.16 Å². The predicted molar refractivity (Wildman–Crippen MR) is 65.9 cm³/mol. The van der Waals surface area contributed by atoms with E-state index in [-0.39, 0.29) is 0 Å². The maximum absolute atomic E-state index is 11.7. The molecule has 17 heavy (non-hydrogen) atoms. The minimum atomic E-state index is -0.401. The fraction of sp³-hybridized carbons (Fsp3) is 0.455. The van der Waals surface area contributed by atoms with Crippen LogP contribution in [0.2, 0.25) is 0 Å². The molecule has 1 aliphatic rings. The number of anilines is 1. The summed E-state index contributed by atoms with van der Waals surface area (Å²) in [5.41, 5.74) is 7.95. The first-order chi connectivity index (χ1) is 8.19. The molecule has 3 N–H and O–H groups in total. The van der Waals surface area contributed by atoms with Gasteiger partial charge in [-0.3, -0.25) is 0 Å². The third-order valence-corrected chi connectivity index (χ3v) is 4.01. The van der Waals surface area contributed by atoms with Crippen LogP contribution in [0.15, 0.2) is 5.16 Å². The van der Waals surface area contributed by atoms with Crippen molar-refractivity contribution in [1.29, 1.82) is 0 Å². The maximum atomic E-state index is 11.7. The number of nitrogens with zero attached hydrogens (tertiary/aromatic N) is 1. The number of fused-ring (bicyclic) bond motifs is 1. The Hall–Kier alpha value is -1.56. The van der Waals surface area contributed by atoms with E-state index in [4.69, 9.17) is 15.7 Å². The van der Waals surface area contributed by atoms with E-state index in [1.165, 1.54) is 11.3 Å². The summed E-state index contributed by atoms with van der Waals surface area (Å²) in [7, 11) is 0. The molecular weight excluding hydrogens is 240 g/mol. The number of hydrogen-bond acceptors (Lipinski definition) is 6. The first kappa shape index (κ1) is 11.9. The van der Waals surface area contributed by atoms with Gasteiger partial charge in [0.15, 0.2) is 0 Å². The molecule has 0 saturated heterocycles. The summed E-state index contributed by atoms with van der Waals surface area (Å²) in [6, 6.07) is 0. The van der Waals surface area contributed by atoms with Crippen LogP contribution in [-0.2, 0) is 11.2 Å². The number of nitrogens with two attached hydrogens (primary N) is 1. The summed E-state index contributed by atoms with van der Waals surface area (Å²) < 4.78 is 4.94. The number of oxime groups is 1. The third-order valence-electron chi connectivity index (χ3n) is 2.73. The van der Waals surface area contributed by atoms with Crippen LogP contribution in [0.1, 0.15) is 39.9 Å². The van der Waals surface area contributed by atoms with Crippen molar-refractivity contribution in [3.8, 4) is 0 Å². The number of ether oxygens (including phenoxy) is 1. The molecule has 0 saturated carbocycles. The summed E-state index contributed by atoms with van der Waals surface area (Å²) >= 11 is 1.25. The van der Waals surface area contributed by atoms with Crippen molar-refractivity contribution in [2.75, 3.05) is 12.3 Å². The third kappa shape index (κ3) is 2.00. The highest BCUT2D eigenvalue weighted by Crippen LogP contribution is 2.36. The molecule has 1 heterocycles. The second-order valence-corrected chi connectivity index (χ2v) is 4.79. The van der Waals surface area contributed by atoms with Crippen LogP contribution >= 0.6 is 11.3 Å². The van der Waals surface area contributed by atoms with Gasteiger partial charge >= 0.3 is 5.97 Å². The zero-order valence-corrected chi connectivity index (χ0v) is 10.3. The lowest BCUT2D eigenvalue weighted by atomic mass is 9.96. The van der Waals surface area contributed by atoms with Crippen LogP contribution in [0.4, 0.5) is 5.69 Å². The van der Waals surface area contributed by atoms with Crippen LogP contribution in [0.25, 0.3) is 0 Å². The van der Waals surface area contributed by atoms with E-state index < -0.39 is 5.97 Å². The van der Waals surface area contributed by atoms with Gasteiger partial charge in [0.2, 0.25) is 0 Å². The molecule has 0 bridgehead atoms. The number of esters is 1. The maximum Gasteiger partial charge on any atom is 0.350 e. The molecule has 0 aromatic carbocycles. The molecule has 1 aliphatic carbocycles. The number of carbonyl (C=O) groups is 1. The molecule has 1 aromatic heterocycles. The van der Waals surface area contributed by atoms with Crippen LogP contribution in [0, 0.1) is 0 Å². The van der Waals surface area contributed by atoms with E-state index in [9.17, 15) is 4.79 Å². The Balaban J connectivity index is 2.45. The lowest BCUT2D eigenvalue weighted by molar-refractivity contribution is 0.0533. The van der Waals surface area contributed by atoms with Crippen molar-refractivity contribution < 1.29 is 14.7 Å². The van der Waals surface area contributed by atoms with Crippen LogP contribution in [0.5, 0.6) is 0 Å². The Labute approximate surface area is 103 Å². The van der Waals surface area contributed by atoms with E-state index in [0.29, 0.717) is 29.3 Å². The van der Waals surface area contributed by atoms with Crippen molar-refractivity contribution in [3.63, 3.8) is 0 Å². The minimum Gasteiger partial charge on any atom is -0.462 e. The van der Waals surface area contributed by atoms with Gasteiger partial charge in [-0.25, -0.2) is 4.79 Å². The molecule has 0 amide bonds. The van der Waals surface area contributed by atoms with Gasteiger partial charge in [0.1, 0.15) is 4.88 Å². The van der Waals surface area contributed by atoms with E-state index in [0.717, 1.165) is 23.3 Å². The average Bonchev–Trinajstić information content (AvgIpc) is 2.67. The number of nitrogen functional groups attached to an aromatic ring is 1. The highest BCUT2D eigenvalue weighted by atomic mass is 32.1. The van der Waals surface area contributed by atoms with Crippen molar-refractivity contribution in [2.45, 2.75) is 26.2 Å². The monoisotopic (exact) mass is 254 g/mol. The Bertz CT molecular complexity index is 479. The summed E-state index contributed by atoms with van der Waals surface area (Å²) in [5.74, 6) is -0.401. The van der Waals surface area contributed by atoms with Gasteiger partial charge in [-0.1, -0.05) is 5.16 Å². The van der Waals surface area contributed by atoms with E-state index in [1.807, 2.05) is 0 Å². The molecule has 6 heteroatoms. The lowest BCUT2D eigenvalue weighted by Gasteiger charge is -2.12. The van der Waals surface area contributed by atoms with Gasteiger partial charge in [-0.05, 0) is 31.7 Å². The number of hydrogen-bond donors (Lipinski definition) is 2. The highest BCUT2D eigenvalue weighted by Gasteiger charge is 2.27. The van der Waals surface area contributed by atoms with Gasteiger partial charge < -0.3 is 15.7 Å². The largest absolute Gasteiger partial charge is 0.462 e. The Morgan fingerprint density at radius 2 is 2.35 bits per heavy atom. The molecule has 2 rings (SSSR count). The second kappa shape index (κ2) is 4.75. The summed E-state index contributed by atoms with van der Waals surface area (Å²) in [4.78, 5) is 12.9. The molecule has 0 spiro atoms.